The molecule has 0 saturated carbocycles. The summed E-state index contributed by atoms with van der Waals surface area (Å²) >= 11 is 0. The summed E-state index contributed by atoms with van der Waals surface area (Å²) in [4.78, 5) is 27.4. The molecule has 2 N–H and O–H groups in total. The van der Waals surface area contributed by atoms with Gasteiger partial charge in [0.05, 0.1) is 24.9 Å². The van der Waals surface area contributed by atoms with Crippen LogP contribution in [0.4, 0.5) is 5.82 Å². The van der Waals surface area contributed by atoms with Crippen LogP contribution in [-0.4, -0.2) is 50.1 Å². The molecule has 2 aromatic rings. The molecule has 27 heavy (non-hydrogen) atoms. The quantitative estimate of drug-likeness (QED) is 0.812. The third kappa shape index (κ3) is 4.60. The van der Waals surface area contributed by atoms with E-state index in [0.29, 0.717) is 36.9 Å². The highest BCUT2D eigenvalue weighted by molar-refractivity contribution is 5.74. The van der Waals surface area contributed by atoms with Crippen molar-refractivity contribution in [3.63, 3.8) is 0 Å². The van der Waals surface area contributed by atoms with Gasteiger partial charge in [-0.1, -0.05) is 19.9 Å². The summed E-state index contributed by atoms with van der Waals surface area (Å²) < 4.78 is 0. The number of aliphatic hydroxyl groups is 1. The second kappa shape index (κ2) is 8.43. The minimum atomic E-state index is -0.0774. The van der Waals surface area contributed by atoms with Gasteiger partial charge < -0.3 is 15.3 Å². The lowest BCUT2D eigenvalue weighted by Gasteiger charge is -2.30. The van der Waals surface area contributed by atoms with E-state index in [1.807, 2.05) is 18.2 Å². The first kappa shape index (κ1) is 19.2. The zero-order chi connectivity index (χ0) is 19.4. The standard InChI is InChI=1S/C20H27N5O2/c1-13(2)10-15(12-26)22-19-16-7-9-25(14(3)27)11-18(16)23-20(24-19)17-6-4-5-8-21-17/h4-6,8,13,15,26H,7,9-12H2,1-3H3,(H,22,23,24)/t15-/m0/s1. The Kier molecular flexibility index (Phi) is 6.01. The number of carbonyl (C=O) groups excluding carboxylic acids is 1. The van der Waals surface area contributed by atoms with Gasteiger partial charge in [0.2, 0.25) is 5.91 Å². The first-order valence-corrected chi connectivity index (χ1v) is 9.42. The molecule has 1 aliphatic heterocycles. The number of hydrogen-bond acceptors (Lipinski definition) is 6. The van der Waals surface area contributed by atoms with Gasteiger partial charge in [0.15, 0.2) is 5.82 Å². The van der Waals surface area contributed by atoms with Crippen LogP contribution in [-0.2, 0) is 17.8 Å². The molecule has 0 fully saturated rings. The van der Waals surface area contributed by atoms with Crippen LogP contribution in [0.5, 0.6) is 0 Å². The number of anilines is 1. The largest absolute Gasteiger partial charge is 0.394 e. The van der Waals surface area contributed by atoms with E-state index in [1.54, 1.807) is 18.0 Å². The molecule has 0 bridgehead atoms. The van der Waals surface area contributed by atoms with E-state index in [4.69, 9.17) is 9.97 Å². The van der Waals surface area contributed by atoms with E-state index in [9.17, 15) is 9.90 Å². The van der Waals surface area contributed by atoms with E-state index >= 15 is 0 Å². The van der Waals surface area contributed by atoms with Crippen molar-refractivity contribution in [2.45, 2.75) is 46.2 Å². The summed E-state index contributed by atoms with van der Waals surface area (Å²) in [5.41, 5.74) is 2.55. The van der Waals surface area contributed by atoms with Crippen LogP contribution in [0.1, 0.15) is 38.4 Å². The number of aliphatic hydroxyl groups excluding tert-OH is 1. The van der Waals surface area contributed by atoms with Crippen molar-refractivity contribution in [2.24, 2.45) is 5.92 Å². The average molecular weight is 369 g/mol. The summed E-state index contributed by atoms with van der Waals surface area (Å²) in [6.45, 7) is 6.99. The van der Waals surface area contributed by atoms with Gasteiger partial charge in [-0.2, -0.15) is 0 Å². The highest BCUT2D eigenvalue weighted by Gasteiger charge is 2.25. The number of hydrogen-bond donors (Lipinski definition) is 2. The van der Waals surface area contributed by atoms with Crippen LogP contribution < -0.4 is 5.32 Å². The van der Waals surface area contributed by atoms with Crippen LogP contribution in [0.2, 0.25) is 0 Å². The van der Waals surface area contributed by atoms with Gasteiger partial charge >= 0.3 is 0 Å². The molecule has 3 heterocycles. The summed E-state index contributed by atoms with van der Waals surface area (Å²) in [6.07, 6.45) is 3.25. The maximum Gasteiger partial charge on any atom is 0.219 e. The van der Waals surface area contributed by atoms with Gasteiger partial charge in [-0.15, -0.1) is 0 Å². The number of fused-ring (bicyclic) bond motifs is 1. The number of nitrogens with one attached hydrogen (secondary N) is 1. The van der Waals surface area contributed by atoms with Gasteiger partial charge in [-0.25, -0.2) is 9.97 Å². The number of carbonyl (C=O) groups is 1. The first-order chi connectivity index (χ1) is 13.0. The Labute approximate surface area is 159 Å². The molecule has 1 atom stereocenters. The van der Waals surface area contributed by atoms with Crippen LogP contribution in [0.3, 0.4) is 0 Å². The molecule has 0 aliphatic carbocycles. The highest BCUT2D eigenvalue weighted by atomic mass is 16.3. The van der Waals surface area contributed by atoms with Crippen molar-refractivity contribution in [3.05, 3.63) is 35.7 Å². The van der Waals surface area contributed by atoms with Gasteiger partial charge in [0, 0.05) is 25.2 Å². The predicted octanol–water partition coefficient (Wildman–Crippen LogP) is 2.26. The van der Waals surface area contributed by atoms with Gasteiger partial charge in [-0.05, 0) is 30.9 Å². The average Bonchev–Trinajstić information content (AvgIpc) is 2.67. The smallest absolute Gasteiger partial charge is 0.219 e. The Morgan fingerprint density at radius 3 is 2.78 bits per heavy atom. The SMILES string of the molecule is CC(=O)N1CCc2c(nc(-c3ccccn3)nc2N[C@H](CO)CC(C)C)C1. The molecule has 1 aliphatic rings. The lowest BCUT2D eigenvalue weighted by atomic mass is 10.0. The van der Waals surface area contributed by atoms with E-state index in [0.717, 1.165) is 23.5 Å². The van der Waals surface area contributed by atoms with Gasteiger partial charge in [-0.3, -0.25) is 9.78 Å². The minimum Gasteiger partial charge on any atom is -0.394 e. The first-order valence-electron chi connectivity index (χ1n) is 9.42. The maximum atomic E-state index is 11.8. The van der Waals surface area contributed by atoms with Crippen molar-refractivity contribution < 1.29 is 9.90 Å². The summed E-state index contributed by atoms with van der Waals surface area (Å²) in [7, 11) is 0. The van der Waals surface area contributed by atoms with Gasteiger partial charge in [0.1, 0.15) is 11.5 Å². The third-order valence-corrected chi connectivity index (χ3v) is 4.72. The molecule has 0 aromatic carbocycles. The summed E-state index contributed by atoms with van der Waals surface area (Å²) in [5.74, 6) is 1.77. The van der Waals surface area contributed by atoms with Gasteiger partial charge in [0.25, 0.3) is 0 Å². The Morgan fingerprint density at radius 1 is 1.33 bits per heavy atom. The van der Waals surface area contributed by atoms with Crippen molar-refractivity contribution in [1.29, 1.82) is 0 Å². The Morgan fingerprint density at radius 2 is 2.15 bits per heavy atom. The highest BCUT2D eigenvalue weighted by Crippen LogP contribution is 2.27. The predicted molar refractivity (Wildman–Crippen MR) is 104 cm³/mol. The van der Waals surface area contributed by atoms with E-state index in [2.05, 4.69) is 24.1 Å². The van der Waals surface area contributed by atoms with Crippen molar-refractivity contribution in [1.82, 2.24) is 19.9 Å². The Hall–Kier alpha value is -2.54. The number of pyridine rings is 1. The zero-order valence-electron chi connectivity index (χ0n) is 16.1. The number of aromatic nitrogens is 3. The van der Waals surface area contributed by atoms with Crippen LogP contribution in [0.15, 0.2) is 24.4 Å². The monoisotopic (exact) mass is 369 g/mol. The molecule has 3 rings (SSSR count). The molecule has 0 radical (unpaired) electrons. The van der Waals surface area contributed by atoms with Crippen LogP contribution in [0.25, 0.3) is 11.5 Å². The molecule has 0 saturated heterocycles. The lowest BCUT2D eigenvalue weighted by Crippen LogP contribution is -2.36. The molecule has 7 heteroatoms. The fraction of sp³-hybridized carbons (Fsp3) is 0.500. The van der Waals surface area contributed by atoms with Crippen molar-refractivity contribution in [2.75, 3.05) is 18.5 Å². The van der Waals surface area contributed by atoms with E-state index < -0.39 is 0 Å². The molecule has 1 amide bonds. The third-order valence-electron chi connectivity index (χ3n) is 4.72. The number of rotatable bonds is 6. The van der Waals surface area contributed by atoms with Crippen LogP contribution in [0, 0.1) is 5.92 Å². The molecule has 0 spiro atoms. The van der Waals surface area contributed by atoms with E-state index in [1.165, 1.54) is 0 Å². The molecule has 7 nitrogen and oxygen atoms in total. The molecular formula is C20H27N5O2. The maximum absolute atomic E-state index is 11.8. The van der Waals surface area contributed by atoms with Crippen LogP contribution >= 0.6 is 0 Å². The summed E-state index contributed by atoms with van der Waals surface area (Å²) in [5, 5.41) is 13.2. The molecule has 0 unspecified atom stereocenters. The van der Waals surface area contributed by atoms with Crippen molar-refractivity contribution >= 4 is 11.7 Å². The zero-order valence-corrected chi connectivity index (χ0v) is 16.1. The second-order valence-corrected chi connectivity index (χ2v) is 7.38. The Balaban J connectivity index is 2.00. The molecule has 2 aromatic heterocycles. The fourth-order valence-electron chi connectivity index (χ4n) is 3.37. The summed E-state index contributed by atoms with van der Waals surface area (Å²) in [6, 6.07) is 5.54. The molecular weight excluding hydrogens is 342 g/mol. The molecule has 144 valence electrons. The number of nitrogens with zero attached hydrogens (tertiary/aromatic N) is 4. The Bertz CT molecular complexity index is 794. The fourth-order valence-corrected chi connectivity index (χ4v) is 3.37. The normalized spacial score (nSPS) is 14.8. The lowest BCUT2D eigenvalue weighted by molar-refractivity contribution is -0.129. The number of amides is 1. The topological polar surface area (TPSA) is 91.2 Å². The minimum absolute atomic E-state index is 0.0372. The van der Waals surface area contributed by atoms with E-state index in [-0.39, 0.29) is 18.6 Å². The van der Waals surface area contributed by atoms with Crippen molar-refractivity contribution in [3.8, 4) is 11.5 Å². The second-order valence-electron chi connectivity index (χ2n) is 7.38.